The molecule has 0 aliphatic heterocycles. The van der Waals surface area contributed by atoms with Gasteiger partial charge in [-0.2, -0.15) is 0 Å². The minimum absolute atomic E-state index is 0.0578. The van der Waals surface area contributed by atoms with Crippen LogP contribution in [0.4, 0.5) is 5.69 Å². The van der Waals surface area contributed by atoms with Crippen LogP contribution in [-0.2, 0) is 4.79 Å². The van der Waals surface area contributed by atoms with Gasteiger partial charge < -0.3 is 10.6 Å². The van der Waals surface area contributed by atoms with E-state index in [4.69, 9.17) is 6.42 Å². The molecule has 0 aromatic heterocycles. The van der Waals surface area contributed by atoms with Crippen molar-refractivity contribution < 1.29 is 4.79 Å². The first-order valence-electron chi connectivity index (χ1n) is 5.42. The molecule has 0 saturated heterocycles. The van der Waals surface area contributed by atoms with Gasteiger partial charge in [-0.1, -0.05) is 12.1 Å². The third kappa shape index (κ3) is 5.53. The summed E-state index contributed by atoms with van der Waals surface area (Å²) in [5.74, 6) is 2.50. The zero-order valence-electron chi connectivity index (χ0n) is 9.50. The van der Waals surface area contributed by atoms with Gasteiger partial charge in [0.2, 0.25) is 5.91 Å². The fourth-order valence-electron chi connectivity index (χ4n) is 1.27. The standard InChI is InChI=1S/C13H15BrN2O/c1-2-3-6-9-15-10-13(17)16-12-8-5-4-7-11(12)14/h1,4-5,7-8,15H,3,6,9-10H2,(H,16,17). The Kier molecular flexibility index (Phi) is 6.38. The van der Waals surface area contributed by atoms with Crippen LogP contribution in [0.3, 0.4) is 0 Å². The van der Waals surface area contributed by atoms with Crippen LogP contribution in [0.5, 0.6) is 0 Å². The molecule has 0 radical (unpaired) electrons. The van der Waals surface area contributed by atoms with Crippen LogP contribution in [0.2, 0.25) is 0 Å². The van der Waals surface area contributed by atoms with Crippen molar-refractivity contribution in [3.05, 3.63) is 28.7 Å². The zero-order chi connectivity index (χ0) is 12.5. The van der Waals surface area contributed by atoms with Crippen molar-refractivity contribution in [1.82, 2.24) is 5.32 Å². The Morgan fingerprint density at radius 2 is 2.18 bits per heavy atom. The first-order chi connectivity index (χ1) is 8.24. The van der Waals surface area contributed by atoms with E-state index in [1.807, 2.05) is 24.3 Å². The summed E-state index contributed by atoms with van der Waals surface area (Å²) < 4.78 is 0.876. The van der Waals surface area contributed by atoms with Gasteiger partial charge in [-0.3, -0.25) is 4.79 Å². The average molecular weight is 295 g/mol. The molecule has 0 unspecified atom stereocenters. The molecule has 0 bridgehead atoms. The molecule has 0 fully saturated rings. The highest BCUT2D eigenvalue weighted by Crippen LogP contribution is 2.20. The molecule has 0 spiro atoms. The average Bonchev–Trinajstić information content (AvgIpc) is 2.32. The number of nitrogens with one attached hydrogen (secondary N) is 2. The van der Waals surface area contributed by atoms with E-state index in [1.54, 1.807) is 0 Å². The summed E-state index contributed by atoms with van der Waals surface area (Å²) in [6.45, 7) is 1.06. The van der Waals surface area contributed by atoms with Crippen LogP contribution in [0, 0.1) is 12.3 Å². The molecule has 4 heteroatoms. The van der Waals surface area contributed by atoms with E-state index in [2.05, 4.69) is 32.5 Å². The second-order valence-corrected chi connectivity index (χ2v) is 4.37. The van der Waals surface area contributed by atoms with E-state index in [-0.39, 0.29) is 5.91 Å². The summed E-state index contributed by atoms with van der Waals surface area (Å²) in [6.07, 6.45) is 6.75. The maximum atomic E-state index is 11.6. The van der Waals surface area contributed by atoms with Crippen LogP contribution in [0.15, 0.2) is 28.7 Å². The van der Waals surface area contributed by atoms with Crippen LogP contribution in [-0.4, -0.2) is 19.0 Å². The Balaban J connectivity index is 2.26. The largest absolute Gasteiger partial charge is 0.324 e. The lowest BCUT2D eigenvalue weighted by atomic mass is 10.3. The predicted molar refractivity (Wildman–Crippen MR) is 73.7 cm³/mol. The first-order valence-corrected chi connectivity index (χ1v) is 6.22. The van der Waals surface area contributed by atoms with Crippen molar-refractivity contribution in [3.8, 4) is 12.3 Å². The van der Waals surface area contributed by atoms with E-state index in [0.29, 0.717) is 6.54 Å². The topological polar surface area (TPSA) is 41.1 Å². The molecule has 0 aliphatic carbocycles. The quantitative estimate of drug-likeness (QED) is 0.625. The molecule has 90 valence electrons. The molecule has 17 heavy (non-hydrogen) atoms. The SMILES string of the molecule is C#CCCCNCC(=O)Nc1ccccc1Br. The van der Waals surface area contributed by atoms with Gasteiger partial charge in [0.25, 0.3) is 0 Å². The fourth-order valence-corrected chi connectivity index (χ4v) is 1.66. The number of halogens is 1. The van der Waals surface area contributed by atoms with Crippen LogP contribution < -0.4 is 10.6 Å². The minimum Gasteiger partial charge on any atom is -0.324 e. The number of hydrogen-bond acceptors (Lipinski definition) is 2. The number of amides is 1. The van der Waals surface area contributed by atoms with E-state index < -0.39 is 0 Å². The van der Waals surface area contributed by atoms with Crippen molar-refractivity contribution in [1.29, 1.82) is 0 Å². The lowest BCUT2D eigenvalue weighted by Gasteiger charge is -2.07. The van der Waals surface area contributed by atoms with Crippen molar-refractivity contribution in [3.63, 3.8) is 0 Å². The van der Waals surface area contributed by atoms with Gasteiger partial charge in [0.1, 0.15) is 0 Å². The Labute approximate surface area is 110 Å². The Morgan fingerprint density at radius 3 is 2.88 bits per heavy atom. The van der Waals surface area contributed by atoms with E-state index in [9.17, 15) is 4.79 Å². The highest BCUT2D eigenvalue weighted by molar-refractivity contribution is 9.10. The lowest BCUT2D eigenvalue weighted by molar-refractivity contribution is -0.115. The molecule has 1 aromatic carbocycles. The van der Waals surface area contributed by atoms with Crippen LogP contribution >= 0.6 is 15.9 Å². The molecule has 1 aromatic rings. The molecule has 3 nitrogen and oxygen atoms in total. The Morgan fingerprint density at radius 1 is 1.41 bits per heavy atom. The van der Waals surface area contributed by atoms with Crippen molar-refractivity contribution in [2.45, 2.75) is 12.8 Å². The molecule has 1 amide bonds. The lowest BCUT2D eigenvalue weighted by Crippen LogP contribution is -2.28. The first kappa shape index (κ1) is 13.8. The molecule has 1 rings (SSSR count). The molecule has 2 N–H and O–H groups in total. The molecular formula is C13H15BrN2O. The van der Waals surface area contributed by atoms with Crippen LogP contribution in [0.25, 0.3) is 0 Å². The van der Waals surface area contributed by atoms with Crippen molar-refractivity contribution in [2.75, 3.05) is 18.4 Å². The van der Waals surface area contributed by atoms with Gasteiger partial charge >= 0.3 is 0 Å². The van der Waals surface area contributed by atoms with E-state index in [0.717, 1.165) is 29.5 Å². The van der Waals surface area contributed by atoms with Gasteiger partial charge in [-0.05, 0) is 41.0 Å². The summed E-state index contributed by atoms with van der Waals surface area (Å²) in [5, 5.41) is 5.85. The molecule has 0 aliphatic rings. The van der Waals surface area contributed by atoms with Gasteiger partial charge in [-0.25, -0.2) is 0 Å². The molecule has 0 heterocycles. The van der Waals surface area contributed by atoms with Crippen molar-refractivity contribution in [2.24, 2.45) is 0 Å². The summed E-state index contributed by atoms with van der Waals surface area (Å²) in [5.41, 5.74) is 0.780. The smallest absolute Gasteiger partial charge is 0.238 e. The second kappa shape index (κ2) is 7.88. The predicted octanol–water partition coefficient (Wildman–Crippen LogP) is 2.39. The number of hydrogen-bond donors (Lipinski definition) is 2. The highest BCUT2D eigenvalue weighted by atomic mass is 79.9. The number of benzene rings is 1. The Bertz CT molecular complexity index is 412. The van der Waals surface area contributed by atoms with Gasteiger partial charge in [0.05, 0.1) is 12.2 Å². The maximum Gasteiger partial charge on any atom is 0.238 e. The zero-order valence-corrected chi connectivity index (χ0v) is 11.1. The summed E-state index contributed by atoms with van der Waals surface area (Å²) >= 11 is 3.37. The van der Waals surface area contributed by atoms with E-state index >= 15 is 0 Å². The number of carbonyl (C=O) groups is 1. The normalized spacial score (nSPS) is 9.65. The van der Waals surface area contributed by atoms with Gasteiger partial charge in [0, 0.05) is 10.9 Å². The second-order valence-electron chi connectivity index (χ2n) is 3.51. The third-order valence-electron chi connectivity index (χ3n) is 2.11. The summed E-state index contributed by atoms with van der Waals surface area (Å²) in [7, 11) is 0. The summed E-state index contributed by atoms with van der Waals surface area (Å²) in [4.78, 5) is 11.6. The third-order valence-corrected chi connectivity index (χ3v) is 2.80. The molecular weight excluding hydrogens is 280 g/mol. The van der Waals surface area contributed by atoms with Crippen LogP contribution in [0.1, 0.15) is 12.8 Å². The maximum absolute atomic E-state index is 11.6. The number of unbranched alkanes of at least 4 members (excludes halogenated alkanes) is 1. The monoisotopic (exact) mass is 294 g/mol. The number of terminal acetylenes is 1. The molecule has 0 saturated carbocycles. The van der Waals surface area contributed by atoms with E-state index in [1.165, 1.54) is 0 Å². The highest BCUT2D eigenvalue weighted by Gasteiger charge is 2.03. The number of rotatable bonds is 6. The minimum atomic E-state index is -0.0578. The number of para-hydroxylation sites is 1. The number of carbonyl (C=O) groups excluding carboxylic acids is 1. The fraction of sp³-hybridized carbons (Fsp3) is 0.308. The Hall–Kier alpha value is -1.31. The van der Waals surface area contributed by atoms with Gasteiger partial charge in [-0.15, -0.1) is 12.3 Å². The number of anilines is 1. The van der Waals surface area contributed by atoms with Crippen molar-refractivity contribution >= 4 is 27.5 Å². The molecule has 0 atom stereocenters. The summed E-state index contributed by atoms with van der Waals surface area (Å²) in [6, 6.07) is 7.51. The van der Waals surface area contributed by atoms with Gasteiger partial charge in [0.15, 0.2) is 0 Å².